The van der Waals surface area contributed by atoms with Crippen LogP contribution in [-0.4, -0.2) is 4.98 Å². The fourth-order valence-electron chi connectivity index (χ4n) is 1.04. The van der Waals surface area contributed by atoms with Crippen LogP contribution in [0.2, 0.25) is 0 Å². The third-order valence-corrected chi connectivity index (χ3v) is 1.66. The number of oxazole rings is 1. The summed E-state index contributed by atoms with van der Waals surface area (Å²) in [6, 6.07) is 5.98. The number of aromatic nitrogens is 1. The Hall–Kier alpha value is -1.64. The predicted molar refractivity (Wildman–Crippen MR) is 45.5 cm³/mol. The van der Waals surface area contributed by atoms with Gasteiger partial charge in [0.25, 0.3) is 0 Å². The first-order valence-electron chi connectivity index (χ1n) is 3.87. The maximum atomic E-state index is 12.5. The van der Waals surface area contributed by atoms with Gasteiger partial charge in [0.2, 0.25) is 5.89 Å². The van der Waals surface area contributed by atoms with Gasteiger partial charge in [-0.1, -0.05) is 0 Å². The number of rotatable bonds is 1. The summed E-state index contributed by atoms with van der Waals surface area (Å²) in [7, 11) is 0. The fourth-order valence-corrected chi connectivity index (χ4v) is 1.04. The fraction of sp³-hybridized carbons (Fsp3) is 0.100. The Morgan fingerprint density at radius 2 is 2.00 bits per heavy atom. The van der Waals surface area contributed by atoms with Gasteiger partial charge in [0, 0.05) is 5.56 Å². The lowest BCUT2D eigenvalue weighted by Gasteiger charge is -1.93. The molecular weight excluding hydrogens is 169 g/mol. The van der Waals surface area contributed by atoms with E-state index in [0.29, 0.717) is 11.7 Å². The van der Waals surface area contributed by atoms with Crippen molar-refractivity contribution in [1.82, 2.24) is 4.98 Å². The summed E-state index contributed by atoms with van der Waals surface area (Å²) in [5.41, 5.74) is 0.755. The van der Waals surface area contributed by atoms with Crippen LogP contribution in [0, 0.1) is 18.9 Å². The molecule has 3 heteroatoms. The molecule has 0 saturated heterocycles. The van der Waals surface area contributed by atoms with Gasteiger partial charge in [-0.2, -0.15) is 0 Å². The van der Waals surface area contributed by atoms with Gasteiger partial charge in [0.05, 0.1) is 0 Å². The van der Waals surface area contributed by atoms with E-state index in [4.69, 9.17) is 4.42 Å². The molecule has 2 aromatic rings. The van der Waals surface area contributed by atoms with Gasteiger partial charge in [-0.3, -0.25) is 0 Å². The third-order valence-electron chi connectivity index (χ3n) is 1.66. The van der Waals surface area contributed by atoms with Crippen molar-refractivity contribution in [3.8, 4) is 11.5 Å². The van der Waals surface area contributed by atoms with E-state index in [1.807, 2.05) is 0 Å². The second-order valence-corrected chi connectivity index (χ2v) is 2.69. The number of benzene rings is 1. The zero-order chi connectivity index (χ0) is 9.26. The maximum Gasteiger partial charge on any atom is 0.226 e. The zero-order valence-electron chi connectivity index (χ0n) is 7.04. The van der Waals surface area contributed by atoms with Gasteiger partial charge in [0.15, 0.2) is 0 Å². The van der Waals surface area contributed by atoms with E-state index >= 15 is 0 Å². The van der Waals surface area contributed by atoms with Crippen LogP contribution in [0.25, 0.3) is 11.5 Å². The largest absolute Gasteiger partial charge is 0.441 e. The van der Waals surface area contributed by atoms with Crippen molar-refractivity contribution in [3.05, 3.63) is 42.0 Å². The molecule has 0 bridgehead atoms. The van der Waals surface area contributed by atoms with E-state index in [1.54, 1.807) is 19.1 Å². The van der Waals surface area contributed by atoms with Crippen LogP contribution in [0.3, 0.4) is 0 Å². The molecule has 0 atom stereocenters. The Bertz CT molecular complexity index is 405. The highest BCUT2D eigenvalue weighted by molar-refractivity contribution is 5.52. The highest BCUT2D eigenvalue weighted by Crippen LogP contribution is 2.18. The molecule has 0 saturated carbocycles. The summed E-state index contributed by atoms with van der Waals surface area (Å²) in [5.74, 6) is 0.827. The van der Waals surface area contributed by atoms with Crippen molar-refractivity contribution < 1.29 is 8.81 Å². The van der Waals surface area contributed by atoms with Crippen LogP contribution in [0.5, 0.6) is 0 Å². The molecule has 0 fully saturated rings. The summed E-state index contributed by atoms with van der Waals surface area (Å²) < 4.78 is 17.8. The summed E-state index contributed by atoms with van der Waals surface area (Å²) >= 11 is 0. The molecular formula is C10H7FNO. The maximum absolute atomic E-state index is 12.5. The first-order valence-corrected chi connectivity index (χ1v) is 3.87. The molecule has 0 aliphatic rings. The summed E-state index contributed by atoms with van der Waals surface area (Å²) in [6.07, 6.45) is 2.67. The molecule has 1 radical (unpaired) electrons. The standard InChI is InChI=1S/C10H7FNO/c1-7-6-12-10(13-7)8-2-4-9(11)5-3-8/h2-5H,1H3. The van der Waals surface area contributed by atoms with Crippen molar-refractivity contribution in [2.75, 3.05) is 0 Å². The number of hydrogen-bond donors (Lipinski definition) is 0. The van der Waals surface area contributed by atoms with E-state index in [1.165, 1.54) is 12.1 Å². The lowest BCUT2D eigenvalue weighted by molar-refractivity contribution is 0.542. The van der Waals surface area contributed by atoms with Crippen molar-refractivity contribution in [3.63, 3.8) is 0 Å². The monoisotopic (exact) mass is 176 g/mol. The molecule has 0 spiro atoms. The molecule has 0 aliphatic heterocycles. The van der Waals surface area contributed by atoms with Crippen LogP contribution in [0.15, 0.2) is 28.7 Å². The molecule has 13 heavy (non-hydrogen) atoms. The van der Waals surface area contributed by atoms with Gasteiger partial charge < -0.3 is 4.42 Å². The number of hydrogen-bond acceptors (Lipinski definition) is 2. The molecule has 0 N–H and O–H groups in total. The van der Waals surface area contributed by atoms with Crippen LogP contribution >= 0.6 is 0 Å². The van der Waals surface area contributed by atoms with E-state index in [9.17, 15) is 4.39 Å². The van der Waals surface area contributed by atoms with E-state index in [0.717, 1.165) is 5.56 Å². The highest BCUT2D eigenvalue weighted by Gasteiger charge is 2.03. The molecule has 1 aromatic heterocycles. The smallest absolute Gasteiger partial charge is 0.226 e. The second kappa shape index (κ2) is 3.01. The average molecular weight is 176 g/mol. The third kappa shape index (κ3) is 1.59. The summed E-state index contributed by atoms with van der Waals surface area (Å²) in [4.78, 5) is 3.90. The van der Waals surface area contributed by atoms with Gasteiger partial charge in [-0.25, -0.2) is 9.37 Å². The van der Waals surface area contributed by atoms with Gasteiger partial charge in [-0.05, 0) is 31.2 Å². The first-order chi connectivity index (χ1) is 6.25. The molecule has 2 nitrogen and oxygen atoms in total. The second-order valence-electron chi connectivity index (χ2n) is 2.69. The van der Waals surface area contributed by atoms with Crippen LogP contribution < -0.4 is 0 Å². The highest BCUT2D eigenvalue weighted by atomic mass is 19.1. The minimum atomic E-state index is -0.268. The van der Waals surface area contributed by atoms with E-state index in [2.05, 4.69) is 11.2 Å². The zero-order valence-corrected chi connectivity index (χ0v) is 7.04. The van der Waals surface area contributed by atoms with Crippen LogP contribution in [0.1, 0.15) is 5.76 Å². The van der Waals surface area contributed by atoms with E-state index < -0.39 is 0 Å². The van der Waals surface area contributed by atoms with Gasteiger partial charge >= 0.3 is 0 Å². The SMILES string of the molecule is Cc1[c]nc(-c2ccc(F)cc2)o1. The van der Waals surface area contributed by atoms with Crippen molar-refractivity contribution in [1.29, 1.82) is 0 Å². The summed E-state index contributed by atoms with van der Waals surface area (Å²) in [5, 5.41) is 0. The normalized spacial score (nSPS) is 10.3. The minimum Gasteiger partial charge on any atom is -0.441 e. The van der Waals surface area contributed by atoms with Crippen LogP contribution in [-0.2, 0) is 0 Å². The lowest BCUT2D eigenvalue weighted by atomic mass is 10.2. The minimum absolute atomic E-state index is 0.268. The van der Waals surface area contributed by atoms with Gasteiger partial charge in [-0.15, -0.1) is 0 Å². The molecule has 0 unspecified atom stereocenters. The number of halogens is 1. The molecule has 65 valence electrons. The topological polar surface area (TPSA) is 26.0 Å². The van der Waals surface area contributed by atoms with Crippen molar-refractivity contribution >= 4 is 0 Å². The summed E-state index contributed by atoms with van der Waals surface area (Å²) in [6.45, 7) is 1.76. The van der Waals surface area contributed by atoms with E-state index in [-0.39, 0.29) is 5.82 Å². The predicted octanol–water partition coefficient (Wildman–Crippen LogP) is 2.59. The molecule has 1 aromatic carbocycles. The van der Waals surface area contributed by atoms with Crippen molar-refractivity contribution in [2.24, 2.45) is 0 Å². The van der Waals surface area contributed by atoms with Crippen molar-refractivity contribution in [2.45, 2.75) is 6.92 Å². The van der Waals surface area contributed by atoms with Gasteiger partial charge in [0.1, 0.15) is 17.8 Å². The Balaban J connectivity index is 2.41. The van der Waals surface area contributed by atoms with Crippen LogP contribution in [0.4, 0.5) is 4.39 Å². The Morgan fingerprint density at radius 3 is 2.54 bits per heavy atom. The Kier molecular flexibility index (Phi) is 1.85. The molecule has 0 amide bonds. The number of aryl methyl sites for hydroxylation is 1. The quantitative estimate of drug-likeness (QED) is 0.667. The average Bonchev–Trinajstić information content (AvgIpc) is 2.53. The number of nitrogens with zero attached hydrogens (tertiary/aromatic N) is 1. The Labute approximate surface area is 75.0 Å². The first kappa shape index (κ1) is 7.98. The lowest BCUT2D eigenvalue weighted by Crippen LogP contribution is -1.77. The Morgan fingerprint density at radius 1 is 1.31 bits per heavy atom. The molecule has 1 heterocycles. The molecule has 2 rings (SSSR count). The molecule has 0 aliphatic carbocycles.